The van der Waals surface area contributed by atoms with Crippen molar-refractivity contribution in [2.24, 2.45) is 10.7 Å². The lowest BCUT2D eigenvalue weighted by atomic mass is 10.2. The maximum atomic E-state index is 6.36. The number of nitrogen functional groups attached to an aromatic ring is 1. The molecule has 0 saturated carbocycles. The summed E-state index contributed by atoms with van der Waals surface area (Å²) in [6.07, 6.45) is 6.39. The van der Waals surface area contributed by atoms with Crippen LogP contribution in [-0.4, -0.2) is 47.3 Å². The van der Waals surface area contributed by atoms with Gasteiger partial charge >= 0.3 is 0 Å². The fourth-order valence-corrected chi connectivity index (χ4v) is 3.16. The predicted octanol–water partition coefficient (Wildman–Crippen LogP) is 2.21. The molecule has 0 bridgehead atoms. The fraction of sp³-hybridized carbons (Fsp3) is 0.278. The second-order valence-corrected chi connectivity index (χ2v) is 6.35. The summed E-state index contributed by atoms with van der Waals surface area (Å²) >= 11 is 6.36. The summed E-state index contributed by atoms with van der Waals surface area (Å²) in [5, 5.41) is 0.465. The van der Waals surface area contributed by atoms with E-state index in [2.05, 4.69) is 24.8 Å². The van der Waals surface area contributed by atoms with Gasteiger partial charge in [-0.1, -0.05) is 11.6 Å². The van der Waals surface area contributed by atoms with Crippen molar-refractivity contribution in [2.75, 3.05) is 36.8 Å². The molecule has 136 valence electrons. The van der Waals surface area contributed by atoms with E-state index >= 15 is 0 Å². The van der Waals surface area contributed by atoms with Gasteiger partial charge in [0.05, 0.1) is 5.69 Å². The predicted molar refractivity (Wildman–Crippen MR) is 107 cm³/mol. The number of rotatable bonds is 5. The van der Waals surface area contributed by atoms with Crippen LogP contribution >= 0.6 is 11.6 Å². The highest BCUT2D eigenvalue weighted by molar-refractivity contribution is 6.32. The van der Waals surface area contributed by atoms with Crippen LogP contribution in [0.25, 0.3) is 0 Å². The van der Waals surface area contributed by atoms with E-state index < -0.39 is 0 Å². The molecule has 0 atom stereocenters. The molecule has 1 fully saturated rings. The summed E-state index contributed by atoms with van der Waals surface area (Å²) in [6.45, 7) is 4.54. The molecule has 0 spiro atoms. The number of piperazine rings is 1. The zero-order chi connectivity index (χ0) is 18.4. The molecule has 2 aromatic heterocycles. The number of hydrogen-bond acceptors (Lipinski definition) is 7. The summed E-state index contributed by atoms with van der Waals surface area (Å²) in [6, 6.07) is 7.75. The van der Waals surface area contributed by atoms with Gasteiger partial charge in [-0.3, -0.25) is 4.90 Å². The molecule has 0 aromatic carbocycles. The smallest absolute Gasteiger partial charge is 0.154 e. The molecule has 8 heteroatoms. The second-order valence-electron chi connectivity index (χ2n) is 5.99. The number of halogens is 1. The summed E-state index contributed by atoms with van der Waals surface area (Å²) in [4.78, 5) is 17.2. The van der Waals surface area contributed by atoms with Crippen LogP contribution in [0.4, 0.5) is 17.3 Å². The quantitative estimate of drug-likeness (QED) is 0.617. The first-order valence-electron chi connectivity index (χ1n) is 8.41. The van der Waals surface area contributed by atoms with Gasteiger partial charge in [0.1, 0.15) is 5.82 Å². The van der Waals surface area contributed by atoms with Crippen LogP contribution in [0, 0.1) is 0 Å². The first-order chi connectivity index (χ1) is 12.7. The van der Waals surface area contributed by atoms with Gasteiger partial charge in [-0.2, -0.15) is 0 Å². The molecule has 0 unspecified atom stereocenters. The highest BCUT2D eigenvalue weighted by Gasteiger charge is 2.19. The number of allylic oxidation sites excluding steroid dienone is 1. The monoisotopic (exact) mass is 371 g/mol. The molecule has 4 N–H and O–H groups in total. The third-order valence-corrected chi connectivity index (χ3v) is 4.46. The van der Waals surface area contributed by atoms with E-state index in [1.807, 2.05) is 24.3 Å². The zero-order valence-electron chi connectivity index (χ0n) is 14.4. The lowest BCUT2D eigenvalue weighted by molar-refractivity contribution is 0.250. The summed E-state index contributed by atoms with van der Waals surface area (Å²) in [5.41, 5.74) is 13.1. The lowest BCUT2D eigenvalue weighted by Crippen LogP contribution is -2.46. The lowest BCUT2D eigenvalue weighted by Gasteiger charge is -2.36. The molecular weight excluding hydrogens is 350 g/mol. The Balaban J connectivity index is 1.59. The minimum atomic E-state index is 0.465. The van der Waals surface area contributed by atoms with Gasteiger partial charge in [-0.25, -0.2) is 15.0 Å². The Hall–Kier alpha value is -2.64. The van der Waals surface area contributed by atoms with Crippen molar-refractivity contribution in [3.8, 4) is 0 Å². The molecule has 1 aliphatic rings. The number of aliphatic imine (C=N–C) groups is 1. The number of nitrogens with two attached hydrogens (primary N) is 2. The molecule has 3 heterocycles. The summed E-state index contributed by atoms with van der Waals surface area (Å²) in [7, 11) is 0. The number of aromatic nitrogens is 2. The van der Waals surface area contributed by atoms with Gasteiger partial charge in [0.2, 0.25) is 0 Å². The summed E-state index contributed by atoms with van der Waals surface area (Å²) < 4.78 is 0. The van der Waals surface area contributed by atoms with E-state index in [-0.39, 0.29) is 0 Å². The van der Waals surface area contributed by atoms with Crippen molar-refractivity contribution in [1.29, 1.82) is 0 Å². The molecule has 0 radical (unpaired) electrons. The standard InChI is InChI=1S/C18H22ClN7/c19-18-15(2-3-17(24-18)23-6-1-5-20)26-10-8-25(9-11-26)13-14-4-7-22-16(21)12-14/h1-7,12H,8-11,13,20H2,(H2,21,22)/b5-1-,23-6?. The minimum absolute atomic E-state index is 0.465. The van der Waals surface area contributed by atoms with Crippen molar-refractivity contribution in [1.82, 2.24) is 14.9 Å². The molecule has 0 amide bonds. The van der Waals surface area contributed by atoms with Gasteiger partial charge in [-0.05, 0) is 42.1 Å². The van der Waals surface area contributed by atoms with Gasteiger partial charge in [-0.15, -0.1) is 0 Å². The van der Waals surface area contributed by atoms with Crippen LogP contribution in [0.3, 0.4) is 0 Å². The van der Waals surface area contributed by atoms with Crippen molar-refractivity contribution in [2.45, 2.75) is 6.54 Å². The SMILES string of the molecule is N/C=C\C=Nc1ccc(N2CCN(Cc3ccnc(N)c3)CC2)c(Cl)n1. The second kappa shape index (κ2) is 8.64. The van der Waals surface area contributed by atoms with E-state index in [9.17, 15) is 0 Å². The molecule has 26 heavy (non-hydrogen) atoms. The Labute approximate surface area is 158 Å². The number of nitrogens with zero attached hydrogens (tertiary/aromatic N) is 5. The third-order valence-electron chi connectivity index (χ3n) is 4.18. The van der Waals surface area contributed by atoms with E-state index in [0.717, 1.165) is 38.4 Å². The average molecular weight is 372 g/mol. The molecule has 7 nitrogen and oxygen atoms in total. The minimum Gasteiger partial charge on any atom is -0.405 e. The van der Waals surface area contributed by atoms with E-state index in [4.69, 9.17) is 23.1 Å². The number of anilines is 2. The number of pyridine rings is 2. The van der Waals surface area contributed by atoms with E-state index in [1.165, 1.54) is 11.8 Å². The Kier molecular flexibility index (Phi) is 6.04. The van der Waals surface area contributed by atoms with Crippen LogP contribution < -0.4 is 16.4 Å². The normalized spacial score (nSPS) is 16.0. The maximum absolute atomic E-state index is 6.36. The van der Waals surface area contributed by atoms with Gasteiger partial charge < -0.3 is 16.4 Å². The Morgan fingerprint density at radius 3 is 2.69 bits per heavy atom. The van der Waals surface area contributed by atoms with Crippen LogP contribution in [0.5, 0.6) is 0 Å². The van der Waals surface area contributed by atoms with E-state index in [0.29, 0.717) is 16.8 Å². The van der Waals surface area contributed by atoms with Crippen LogP contribution in [0.15, 0.2) is 47.7 Å². The molecule has 0 aliphatic carbocycles. The zero-order valence-corrected chi connectivity index (χ0v) is 15.2. The van der Waals surface area contributed by atoms with Crippen molar-refractivity contribution < 1.29 is 0 Å². The average Bonchev–Trinajstić information content (AvgIpc) is 2.63. The van der Waals surface area contributed by atoms with Crippen LogP contribution in [0.2, 0.25) is 5.15 Å². The third kappa shape index (κ3) is 4.71. The molecule has 2 aromatic rings. The van der Waals surface area contributed by atoms with Crippen LogP contribution in [0.1, 0.15) is 5.56 Å². The van der Waals surface area contributed by atoms with Crippen LogP contribution in [-0.2, 0) is 6.54 Å². The van der Waals surface area contributed by atoms with Gasteiger partial charge in [0.25, 0.3) is 0 Å². The molecule has 3 rings (SSSR count). The molecule has 1 aliphatic heterocycles. The topological polar surface area (TPSA) is 96.7 Å². The first-order valence-corrected chi connectivity index (χ1v) is 8.78. The Morgan fingerprint density at radius 2 is 2.00 bits per heavy atom. The molecular formula is C18H22ClN7. The van der Waals surface area contributed by atoms with Crippen molar-refractivity contribution in [3.05, 3.63) is 53.5 Å². The number of hydrogen-bond donors (Lipinski definition) is 2. The van der Waals surface area contributed by atoms with Gasteiger partial charge in [0, 0.05) is 45.1 Å². The highest BCUT2D eigenvalue weighted by Crippen LogP contribution is 2.27. The first kappa shape index (κ1) is 18.2. The van der Waals surface area contributed by atoms with Crippen molar-refractivity contribution >= 4 is 35.1 Å². The summed E-state index contributed by atoms with van der Waals surface area (Å²) in [5.74, 6) is 1.12. The largest absolute Gasteiger partial charge is 0.405 e. The van der Waals surface area contributed by atoms with Crippen molar-refractivity contribution in [3.63, 3.8) is 0 Å². The Morgan fingerprint density at radius 1 is 1.19 bits per heavy atom. The highest BCUT2D eigenvalue weighted by atomic mass is 35.5. The maximum Gasteiger partial charge on any atom is 0.154 e. The van der Waals surface area contributed by atoms with Gasteiger partial charge in [0.15, 0.2) is 11.0 Å². The molecule has 1 saturated heterocycles. The van der Waals surface area contributed by atoms with E-state index in [1.54, 1.807) is 18.5 Å². The fourth-order valence-electron chi connectivity index (χ4n) is 2.89. The Bertz CT molecular complexity index is 798.